The first kappa shape index (κ1) is 10.2. The van der Waals surface area contributed by atoms with Crippen molar-refractivity contribution in [2.45, 2.75) is 6.92 Å². The maximum Gasteiger partial charge on any atom is 0.357 e. The van der Waals surface area contributed by atoms with Crippen molar-refractivity contribution in [1.82, 2.24) is 4.98 Å². The second-order valence-corrected chi connectivity index (χ2v) is 2.71. The number of pyridine rings is 1. The van der Waals surface area contributed by atoms with Crippen LogP contribution in [0.15, 0.2) is 12.3 Å². The van der Waals surface area contributed by atoms with Gasteiger partial charge in [0.25, 0.3) is 0 Å². The van der Waals surface area contributed by atoms with Crippen molar-refractivity contribution >= 4 is 11.9 Å². The minimum Gasteiger partial charge on any atom is -0.478 e. The fourth-order valence-electron chi connectivity index (χ4n) is 0.992. The second-order valence-electron chi connectivity index (χ2n) is 2.71. The maximum absolute atomic E-state index is 11.1. The molecule has 0 aliphatic rings. The number of hydrogen-bond donors (Lipinski definition) is 1. The Balaban J connectivity index is 3.28. The van der Waals surface area contributed by atoms with Crippen LogP contribution in [0.4, 0.5) is 0 Å². The molecule has 74 valence electrons. The highest BCUT2D eigenvalue weighted by molar-refractivity contribution is 6.00. The Hall–Kier alpha value is -1.91. The molecule has 1 N–H and O–H groups in total. The largest absolute Gasteiger partial charge is 0.478 e. The summed E-state index contributed by atoms with van der Waals surface area (Å²) in [5.41, 5.74) is 0.359. The highest BCUT2D eigenvalue weighted by Gasteiger charge is 2.18. The van der Waals surface area contributed by atoms with Gasteiger partial charge in [0.05, 0.1) is 12.7 Å². The predicted octanol–water partition coefficient (Wildman–Crippen LogP) is 0.875. The van der Waals surface area contributed by atoms with E-state index >= 15 is 0 Å². The van der Waals surface area contributed by atoms with Crippen molar-refractivity contribution in [3.8, 4) is 0 Å². The number of aromatic carboxylic acids is 1. The van der Waals surface area contributed by atoms with E-state index in [2.05, 4.69) is 9.72 Å². The second kappa shape index (κ2) is 3.87. The van der Waals surface area contributed by atoms with Gasteiger partial charge < -0.3 is 9.84 Å². The van der Waals surface area contributed by atoms with Crippen LogP contribution < -0.4 is 0 Å². The van der Waals surface area contributed by atoms with E-state index in [0.717, 1.165) is 0 Å². The van der Waals surface area contributed by atoms with Crippen LogP contribution in [0.1, 0.15) is 26.4 Å². The lowest BCUT2D eigenvalue weighted by molar-refractivity contribution is 0.0575. The molecule has 0 saturated carbocycles. The lowest BCUT2D eigenvalue weighted by Crippen LogP contribution is -2.12. The summed E-state index contributed by atoms with van der Waals surface area (Å²) in [6.45, 7) is 1.69. The van der Waals surface area contributed by atoms with Gasteiger partial charge in [-0.05, 0) is 18.6 Å². The van der Waals surface area contributed by atoms with Crippen molar-refractivity contribution in [3.05, 3.63) is 29.1 Å². The Bertz CT molecular complexity index is 386. The third kappa shape index (κ3) is 1.87. The van der Waals surface area contributed by atoms with E-state index in [0.29, 0.717) is 5.56 Å². The van der Waals surface area contributed by atoms with Gasteiger partial charge in [0, 0.05) is 6.20 Å². The van der Waals surface area contributed by atoms with Gasteiger partial charge in [-0.25, -0.2) is 14.6 Å². The van der Waals surface area contributed by atoms with Gasteiger partial charge in [-0.15, -0.1) is 0 Å². The number of methoxy groups -OCH3 is 1. The van der Waals surface area contributed by atoms with Crippen molar-refractivity contribution in [3.63, 3.8) is 0 Å². The third-order valence-electron chi connectivity index (χ3n) is 1.63. The minimum absolute atomic E-state index is 0.142. The van der Waals surface area contributed by atoms with E-state index in [1.165, 1.54) is 19.4 Å². The molecule has 0 fully saturated rings. The van der Waals surface area contributed by atoms with Gasteiger partial charge in [0.2, 0.25) is 0 Å². The summed E-state index contributed by atoms with van der Waals surface area (Å²) in [6.07, 6.45) is 1.42. The summed E-state index contributed by atoms with van der Waals surface area (Å²) in [5.74, 6) is -1.94. The summed E-state index contributed by atoms with van der Waals surface area (Å²) >= 11 is 0. The molecule has 0 aromatic carbocycles. The fraction of sp³-hybridized carbons (Fsp3) is 0.222. The molecule has 0 spiro atoms. The Labute approximate surface area is 80.3 Å². The van der Waals surface area contributed by atoms with E-state index in [1.807, 2.05) is 0 Å². The van der Waals surface area contributed by atoms with Gasteiger partial charge >= 0.3 is 11.9 Å². The molecule has 14 heavy (non-hydrogen) atoms. The quantitative estimate of drug-likeness (QED) is 0.708. The number of nitrogens with zero attached hydrogens (tertiary/aromatic N) is 1. The van der Waals surface area contributed by atoms with Crippen molar-refractivity contribution in [2.75, 3.05) is 7.11 Å². The molecular weight excluding hydrogens is 186 g/mol. The molecule has 1 aromatic heterocycles. The molecule has 1 rings (SSSR count). The van der Waals surface area contributed by atoms with E-state index in [9.17, 15) is 9.59 Å². The number of carboxylic acid groups (broad SMARTS) is 1. The first-order valence-corrected chi connectivity index (χ1v) is 3.84. The number of carbonyl (C=O) groups excluding carboxylic acids is 1. The van der Waals surface area contributed by atoms with Gasteiger partial charge in [-0.2, -0.15) is 0 Å². The molecule has 1 aromatic rings. The molecule has 0 unspecified atom stereocenters. The summed E-state index contributed by atoms with van der Waals surface area (Å²) in [5, 5.41) is 8.79. The lowest BCUT2D eigenvalue weighted by atomic mass is 10.1. The topological polar surface area (TPSA) is 76.5 Å². The molecule has 0 bridgehead atoms. The Morgan fingerprint density at radius 1 is 1.50 bits per heavy atom. The van der Waals surface area contributed by atoms with Crippen molar-refractivity contribution in [2.24, 2.45) is 0 Å². The average Bonchev–Trinajstić information content (AvgIpc) is 2.16. The Kier molecular flexibility index (Phi) is 2.81. The summed E-state index contributed by atoms with van der Waals surface area (Å²) in [7, 11) is 1.18. The molecule has 5 nitrogen and oxygen atoms in total. The number of carboxylic acids is 1. The smallest absolute Gasteiger partial charge is 0.357 e. The Morgan fingerprint density at radius 2 is 2.14 bits per heavy atom. The van der Waals surface area contributed by atoms with Gasteiger partial charge in [-0.3, -0.25) is 0 Å². The molecule has 0 amide bonds. The molecule has 1 heterocycles. The molecule has 0 aliphatic heterocycles. The lowest BCUT2D eigenvalue weighted by Gasteiger charge is -2.03. The number of hydrogen-bond acceptors (Lipinski definition) is 4. The molecule has 0 radical (unpaired) electrons. The predicted molar refractivity (Wildman–Crippen MR) is 47.3 cm³/mol. The molecule has 0 atom stereocenters. The zero-order valence-electron chi connectivity index (χ0n) is 7.77. The zero-order chi connectivity index (χ0) is 10.7. The van der Waals surface area contributed by atoms with E-state index in [4.69, 9.17) is 5.11 Å². The number of carbonyl (C=O) groups is 2. The van der Waals surface area contributed by atoms with Crippen LogP contribution in [-0.4, -0.2) is 29.1 Å². The Morgan fingerprint density at radius 3 is 2.64 bits per heavy atom. The van der Waals surface area contributed by atoms with Crippen LogP contribution in [0, 0.1) is 6.92 Å². The molecule has 5 heteroatoms. The van der Waals surface area contributed by atoms with E-state index in [1.54, 1.807) is 6.92 Å². The van der Waals surface area contributed by atoms with E-state index < -0.39 is 11.9 Å². The van der Waals surface area contributed by atoms with Crippen molar-refractivity contribution in [1.29, 1.82) is 0 Å². The van der Waals surface area contributed by atoms with E-state index in [-0.39, 0.29) is 11.3 Å². The SMILES string of the molecule is COC(=O)c1ncc(C)cc1C(=O)O. The fourth-order valence-corrected chi connectivity index (χ4v) is 0.992. The minimum atomic E-state index is -1.19. The first-order valence-electron chi connectivity index (χ1n) is 3.84. The number of esters is 1. The number of aromatic nitrogens is 1. The van der Waals surface area contributed by atoms with Crippen LogP contribution >= 0.6 is 0 Å². The van der Waals surface area contributed by atoms with Crippen LogP contribution in [0.2, 0.25) is 0 Å². The van der Waals surface area contributed by atoms with Crippen LogP contribution in [0.5, 0.6) is 0 Å². The molecule has 0 saturated heterocycles. The average molecular weight is 195 g/mol. The van der Waals surface area contributed by atoms with Crippen LogP contribution in [0.25, 0.3) is 0 Å². The number of aryl methyl sites for hydroxylation is 1. The van der Waals surface area contributed by atoms with Gasteiger partial charge in [0.15, 0.2) is 5.69 Å². The van der Waals surface area contributed by atoms with Crippen molar-refractivity contribution < 1.29 is 19.4 Å². The maximum atomic E-state index is 11.1. The van der Waals surface area contributed by atoms with Gasteiger partial charge in [-0.1, -0.05) is 0 Å². The number of rotatable bonds is 2. The zero-order valence-corrected chi connectivity index (χ0v) is 7.77. The summed E-state index contributed by atoms with van der Waals surface area (Å²) < 4.78 is 4.40. The molecule has 0 aliphatic carbocycles. The summed E-state index contributed by atoms with van der Waals surface area (Å²) in [4.78, 5) is 25.6. The van der Waals surface area contributed by atoms with Crippen LogP contribution in [0.3, 0.4) is 0 Å². The highest BCUT2D eigenvalue weighted by atomic mass is 16.5. The molecular formula is C9H9NO4. The highest BCUT2D eigenvalue weighted by Crippen LogP contribution is 2.09. The van der Waals surface area contributed by atoms with Crippen LogP contribution in [-0.2, 0) is 4.74 Å². The standard InChI is InChI=1S/C9H9NO4/c1-5-3-6(8(11)12)7(10-4-5)9(13)14-2/h3-4H,1-2H3,(H,11,12). The number of ether oxygens (including phenoxy) is 1. The summed E-state index contributed by atoms with van der Waals surface area (Å²) in [6, 6.07) is 1.38. The third-order valence-corrected chi connectivity index (χ3v) is 1.63. The normalized spacial score (nSPS) is 9.57. The van der Waals surface area contributed by atoms with Gasteiger partial charge in [0.1, 0.15) is 0 Å². The first-order chi connectivity index (χ1) is 6.56. The monoisotopic (exact) mass is 195 g/mol.